The van der Waals surface area contributed by atoms with Crippen LogP contribution in [-0.4, -0.2) is 243 Å². The zero-order chi connectivity index (χ0) is 68.6. The van der Waals surface area contributed by atoms with Gasteiger partial charge in [0.1, 0.15) is 71.6 Å². The van der Waals surface area contributed by atoms with E-state index in [1.165, 1.54) is 69.6 Å². The predicted molar refractivity (Wildman–Crippen MR) is 322 cm³/mol. The van der Waals surface area contributed by atoms with Crippen LogP contribution >= 0.6 is 0 Å². The molecule has 2 aromatic carbocycles. The standard InChI is InChI=1S/C59H77N13O21/c1-23(2)49(81)46-57(89)72-14-12-40(78)48(72)59(92)93-27(6)45(69-52(84)38(22-73)65-41(79)18-34(60)58(90)91)55(87)68-44(26(5)74)54(86)64-25(4)50(82)63-21-42(80)71-13-11-39(77)47(71)56(88)66-37(15-28-19-61-35-9-7-29(75)16-31(28)35)51(83)67-43(53(85)70-46)24(3)33-20-62-36-10-8-30(76)17-32(33)36/h7-10,15-17,19-20,23-27,34,38-40,43-49,61-62,73-78,81H,11-14,18,21-22,60H2,1-6H3,(H,63,82)(H,64,86)(H,65,79)(H,66,88)(H,67,83)(H,68,87)(H,69,84)(H,70,85)(H,90,91)/b37-15+. The number of nitrogens with one attached hydrogen (secondary N) is 10. The molecule has 10 amide bonds. The number of fused-ring (bicyclic) bond motifs is 4. The van der Waals surface area contributed by atoms with Gasteiger partial charge in [-0.05, 0) is 87.6 Å². The van der Waals surface area contributed by atoms with Crippen molar-refractivity contribution in [1.82, 2.24) is 62.3 Å². The Morgan fingerprint density at radius 3 is 1.96 bits per heavy atom. The first-order valence-corrected chi connectivity index (χ1v) is 29.7. The number of amides is 10. The highest BCUT2D eigenvalue weighted by molar-refractivity contribution is 6.07. The summed E-state index contributed by atoms with van der Waals surface area (Å²) in [5, 5.41) is 105. The first-order chi connectivity index (χ1) is 43.8. The molecule has 3 saturated heterocycles. The number of rotatable bonds is 13. The maximum absolute atomic E-state index is 15.3. The summed E-state index contributed by atoms with van der Waals surface area (Å²) in [4.78, 5) is 176. The molecule has 0 radical (unpaired) electrons. The molecule has 0 saturated carbocycles. The van der Waals surface area contributed by atoms with Crippen LogP contribution in [0.25, 0.3) is 27.9 Å². The third kappa shape index (κ3) is 16.5. The van der Waals surface area contributed by atoms with Gasteiger partial charge >= 0.3 is 11.9 Å². The van der Waals surface area contributed by atoms with Crippen molar-refractivity contribution in [2.75, 3.05) is 26.2 Å². The number of benzene rings is 2. The molecule has 0 bridgehead atoms. The summed E-state index contributed by atoms with van der Waals surface area (Å²) in [6.45, 7) is 4.76. The number of aliphatic hydroxyl groups is 5. The Morgan fingerprint density at radius 1 is 0.742 bits per heavy atom. The molecule has 34 heteroatoms. The molecule has 20 N–H and O–H groups in total. The van der Waals surface area contributed by atoms with E-state index in [0.717, 1.165) is 36.6 Å². The summed E-state index contributed by atoms with van der Waals surface area (Å²) < 4.78 is 5.68. The molecule has 7 rings (SSSR count). The number of hydrogen-bond acceptors (Lipinski definition) is 21. The van der Waals surface area contributed by atoms with Crippen molar-refractivity contribution >= 4 is 98.9 Å². The quantitative estimate of drug-likeness (QED) is 0.0438. The van der Waals surface area contributed by atoms with Crippen LogP contribution in [0.1, 0.15) is 77.8 Å². The number of cyclic esters (lactones) is 1. The predicted octanol–water partition coefficient (Wildman–Crippen LogP) is -5.57. The summed E-state index contributed by atoms with van der Waals surface area (Å²) in [5.74, 6) is -17.6. The number of aromatic amines is 2. The van der Waals surface area contributed by atoms with E-state index in [9.17, 15) is 84.0 Å². The number of esters is 1. The number of carbonyl (C=O) groups excluding carboxylic acids is 11. The topological polar surface area (TPSA) is 536 Å². The van der Waals surface area contributed by atoms with E-state index in [4.69, 9.17) is 10.5 Å². The largest absolute Gasteiger partial charge is 0.508 e. The molecule has 2 aromatic heterocycles. The summed E-state index contributed by atoms with van der Waals surface area (Å²) in [6, 6.07) is -8.78. The smallest absolute Gasteiger partial charge is 0.331 e. The number of carboxylic acid groups (broad SMARTS) is 1. The minimum atomic E-state index is -2.21. The molecule has 34 nitrogen and oxygen atoms in total. The van der Waals surface area contributed by atoms with Crippen LogP contribution in [0.4, 0.5) is 0 Å². The molecule has 5 heterocycles. The molecule has 3 aliphatic heterocycles. The highest BCUT2D eigenvalue weighted by Gasteiger charge is 2.49. The number of aliphatic hydroxyl groups excluding tert-OH is 5. The van der Waals surface area contributed by atoms with Gasteiger partial charge in [0.2, 0.25) is 53.2 Å². The summed E-state index contributed by atoms with van der Waals surface area (Å²) in [7, 11) is 0. The van der Waals surface area contributed by atoms with Gasteiger partial charge < -0.3 is 114 Å². The number of carbonyl (C=O) groups is 12. The summed E-state index contributed by atoms with van der Waals surface area (Å²) in [5.41, 5.74) is 6.18. The van der Waals surface area contributed by atoms with Crippen molar-refractivity contribution in [3.8, 4) is 11.5 Å². The van der Waals surface area contributed by atoms with Crippen molar-refractivity contribution in [2.45, 2.75) is 152 Å². The number of phenols is 2. The molecule has 504 valence electrons. The molecule has 3 fully saturated rings. The second kappa shape index (κ2) is 30.1. The SMILES string of the molecule is CC1NC(=O)C(C(C)O)NC(=O)C(NC(=O)C(CO)NC(=O)CC(N)C(=O)O)C(C)OC(=O)C2C(O)CCN2C(=O)C(C(O)C(C)C)NC(=O)C(C(C)c2c[nH]c3ccc(O)cc23)NC(=O)/C(=C\c2c[nH]c3ccc(O)cc23)NC(=O)C2C(O)CCN2C(=O)CNC1=O. The van der Waals surface area contributed by atoms with E-state index < -0.39 is 200 Å². The summed E-state index contributed by atoms with van der Waals surface area (Å²) in [6.07, 6.45) is -6.41. The van der Waals surface area contributed by atoms with Gasteiger partial charge in [-0.1, -0.05) is 20.8 Å². The summed E-state index contributed by atoms with van der Waals surface area (Å²) >= 11 is 0. The van der Waals surface area contributed by atoms with Crippen LogP contribution in [0.5, 0.6) is 11.5 Å². The third-order valence-corrected chi connectivity index (χ3v) is 16.3. The van der Waals surface area contributed by atoms with Crippen molar-refractivity contribution in [3.63, 3.8) is 0 Å². The number of aliphatic carboxylic acids is 1. The molecule has 4 aromatic rings. The van der Waals surface area contributed by atoms with Crippen LogP contribution in [0.3, 0.4) is 0 Å². The third-order valence-electron chi connectivity index (χ3n) is 16.3. The molecule has 15 unspecified atom stereocenters. The Hall–Kier alpha value is -9.74. The van der Waals surface area contributed by atoms with Gasteiger partial charge in [-0.2, -0.15) is 0 Å². The number of phenolic OH excluding ortho intramolecular Hbond substituents is 2. The van der Waals surface area contributed by atoms with Gasteiger partial charge in [0.25, 0.3) is 5.91 Å². The molecular weight excluding hydrogens is 1230 g/mol. The van der Waals surface area contributed by atoms with Crippen LogP contribution in [0.2, 0.25) is 0 Å². The fourth-order valence-electron chi connectivity index (χ4n) is 11.0. The number of nitrogens with two attached hydrogens (primary N) is 1. The lowest BCUT2D eigenvalue weighted by Gasteiger charge is -2.35. The molecule has 15 atom stereocenters. The molecular formula is C59H77N13O21. The molecule has 93 heavy (non-hydrogen) atoms. The first kappa shape index (κ1) is 70.7. The van der Waals surface area contributed by atoms with Crippen LogP contribution in [0, 0.1) is 5.92 Å². The Labute approximate surface area is 529 Å². The van der Waals surface area contributed by atoms with Crippen molar-refractivity contribution in [2.24, 2.45) is 11.7 Å². The van der Waals surface area contributed by atoms with Crippen LogP contribution in [0.15, 0.2) is 54.5 Å². The number of carboxylic acids is 1. The minimum absolute atomic E-state index is 0.170. The van der Waals surface area contributed by atoms with E-state index in [-0.39, 0.29) is 42.0 Å². The Morgan fingerprint density at radius 2 is 1.33 bits per heavy atom. The van der Waals surface area contributed by atoms with Gasteiger partial charge in [0, 0.05) is 58.8 Å². The average molecular weight is 1300 g/mol. The van der Waals surface area contributed by atoms with Crippen LogP contribution in [-0.2, 0) is 62.3 Å². The highest BCUT2D eigenvalue weighted by atomic mass is 16.5. The van der Waals surface area contributed by atoms with Gasteiger partial charge in [-0.15, -0.1) is 0 Å². The number of ether oxygens (including phenoxy) is 1. The molecule has 0 spiro atoms. The fourth-order valence-corrected chi connectivity index (χ4v) is 11.0. The van der Waals surface area contributed by atoms with E-state index >= 15 is 14.4 Å². The number of nitrogens with zero attached hydrogens (tertiary/aromatic N) is 2. The van der Waals surface area contributed by atoms with Crippen molar-refractivity contribution in [3.05, 3.63) is 65.6 Å². The number of aromatic nitrogens is 2. The zero-order valence-electron chi connectivity index (χ0n) is 51.2. The Bertz CT molecular complexity index is 3570. The van der Waals surface area contributed by atoms with E-state index in [2.05, 4.69) is 47.2 Å². The van der Waals surface area contributed by atoms with E-state index in [0.29, 0.717) is 21.8 Å². The highest BCUT2D eigenvalue weighted by Crippen LogP contribution is 2.32. The van der Waals surface area contributed by atoms with Gasteiger partial charge in [-0.3, -0.25) is 52.7 Å². The monoisotopic (exact) mass is 1300 g/mol. The van der Waals surface area contributed by atoms with Crippen molar-refractivity contribution < 1.29 is 103 Å². The number of H-pyrrole nitrogens is 2. The van der Waals surface area contributed by atoms with Gasteiger partial charge in [0.15, 0.2) is 6.04 Å². The van der Waals surface area contributed by atoms with E-state index in [1.807, 2.05) is 5.32 Å². The molecule has 0 aliphatic carbocycles. The maximum Gasteiger partial charge on any atom is 0.331 e. The minimum Gasteiger partial charge on any atom is -0.508 e. The molecule has 3 aliphatic rings. The second-order valence-corrected chi connectivity index (χ2v) is 23.4. The lowest BCUT2D eigenvalue weighted by atomic mass is 9.91. The number of aromatic hydroxyl groups is 2. The average Bonchev–Trinajstić information content (AvgIpc) is 1.74. The Balaban J connectivity index is 1.33. The van der Waals surface area contributed by atoms with E-state index in [1.54, 1.807) is 0 Å². The lowest BCUT2D eigenvalue weighted by molar-refractivity contribution is -0.164. The zero-order valence-corrected chi connectivity index (χ0v) is 51.2. The van der Waals surface area contributed by atoms with Crippen molar-refractivity contribution in [1.29, 1.82) is 0 Å². The van der Waals surface area contributed by atoms with Crippen LogP contribution < -0.4 is 48.3 Å². The number of hydrogen-bond donors (Lipinski definition) is 19. The van der Waals surface area contributed by atoms with Gasteiger partial charge in [0.05, 0.1) is 44.0 Å². The normalized spacial score (nSPS) is 26.6. The second-order valence-electron chi connectivity index (χ2n) is 23.4. The lowest BCUT2D eigenvalue weighted by Crippen LogP contribution is -2.64. The fraction of sp³-hybridized carbons (Fsp3) is 0.492. The first-order valence-electron chi connectivity index (χ1n) is 29.7. The van der Waals surface area contributed by atoms with Gasteiger partial charge in [-0.25, -0.2) is 4.79 Å². The maximum atomic E-state index is 15.3. The Kier molecular flexibility index (Phi) is 22.9.